The van der Waals surface area contributed by atoms with Gasteiger partial charge in [-0.05, 0) is 68.9 Å². The maximum Gasteiger partial charge on any atom is -0.00487 e. The summed E-state index contributed by atoms with van der Waals surface area (Å²) in [5, 5.41) is 0. The molecule has 0 heterocycles. The molecule has 13 heavy (non-hydrogen) atoms. The second kappa shape index (κ2) is 3.58. The van der Waals surface area contributed by atoms with Crippen LogP contribution in [-0.4, -0.2) is 13.1 Å². The summed E-state index contributed by atoms with van der Waals surface area (Å²) in [6.45, 7) is 1.80. The highest BCUT2D eigenvalue weighted by Gasteiger charge is 2.43. The maximum atomic E-state index is 5.73. The third-order valence-electron chi connectivity index (χ3n) is 4.28. The molecule has 2 rings (SSSR count). The van der Waals surface area contributed by atoms with Gasteiger partial charge in [-0.15, -0.1) is 0 Å². The van der Waals surface area contributed by atoms with Crippen LogP contribution in [0.5, 0.6) is 0 Å². The zero-order valence-electron chi connectivity index (χ0n) is 8.47. The molecular formula is C11H22N2. The molecule has 0 aromatic heterocycles. The van der Waals surface area contributed by atoms with Gasteiger partial charge in [-0.3, -0.25) is 0 Å². The quantitative estimate of drug-likeness (QED) is 0.680. The van der Waals surface area contributed by atoms with Crippen molar-refractivity contribution in [3.63, 3.8) is 0 Å². The number of hydrogen-bond acceptors (Lipinski definition) is 2. The molecule has 2 nitrogen and oxygen atoms in total. The lowest BCUT2D eigenvalue weighted by atomic mass is 9.83. The second-order valence-electron chi connectivity index (χ2n) is 5.19. The maximum absolute atomic E-state index is 5.73. The first-order valence-electron chi connectivity index (χ1n) is 5.68. The van der Waals surface area contributed by atoms with Crippen molar-refractivity contribution in [3.05, 3.63) is 0 Å². The third-order valence-corrected chi connectivity index (χ3v) is 4.28. The van der Waals surface area contributed by atoms with Crippen molar-refractivity contribution in [2.75, 3.05) is 13.1 Å². The molecule has 0 bridgehead atoms. The Morgan fingerprint density at radius 1 is 0.923 bits per heavy atom. The van der Waals surface area contributed by atoms with Crippen molar-refractivity contribution in [2.45, 2.75) is 38.5 Å². The highest BCUT2D eigenvalue weighted by molar-refractivity contribution is 4.95. The van der Waals surface area contributed by atoms with E-state index >= 15 is 0 Å². The lowest BCUT2D eigenvalue weighted by Crippen LogP contribution is -2.18. The van der Waals surface area contributed by atoms with Crippen molar-refractivity contribution < 1.29 is 0 Å². The summed E-state index contributed by atoms with van der Waals surface area (Å²) in [5.74, 6) is 1.63. The molecule has 2 aliphatic carbocycles. The minimum absolute atomic E-state index is 0.675. The lowest BCUT2D eigenvalue weighted by Gasteiger charge is -2.23. The van der Waals surface area contributed by atoms with Crippen LogP contribution in [0.4, 0.5) is 0 Å². The molecule has 0 aromatic rings. The van der Waals surface area contributed by atoms with Gasteiger partial charge in [0.2, 0.25) is 0 Å². The predicted molar refractivity (Wildman–Crippen MR) is 55.2 cm³/mol. The molecule has 0 amide bonds. The normalized spacial score (nSPS) is 44.8. The van der Waals surface area contributed by atoms with E-state index in [4.69, 9.17) is 11.5 Å². The van der Waals surface area contributed by atoms with E-state index in [2.05, 4.69) is 0 Å². The van der Waals surface area contributed by atoms with Crippen LogP contribution in [0.15, 0.2) is 0 Å². The SMILES string of the molecule is NCC1CCC2(CCC(CN)C2)C1. The summed E-state index contributed by atoms with van der Waals surface area (Å²) in [7, 11) is 0. The van der Waals surface area contributed by atoms with Crippen LogP contribution in [0.2, 0.25) is 0 Å². The molecule has 4 N–H and O–H groups in total. The Morgan fingerprint density at radius 3 is 1.69 bits per heavy atom. The van der Waals surface area contributed by atoms with E-state index in [1.807, 2.05) is 0 Å². The Bertz CT molecular complexity index is 159. The van der Waals surface area contributed by atoms with E-state index in [0.717, 1.165) is 24.9 Å². The first-order valence-corrected chi connectivity index (χ1v) is 5.68. The average Bonchev–Trinajstić information content (AvgIpc) is 2.74. The summed E-state index contributed by atoms with van der Waals surface area (Å²) in [4.78, 5) is 0. The molecule has 0 aromatic carbocycles. The fraction of sp³-hybridized carbons (Fsp3) is 1.00. The van der Waals surface area contributed by atoms with E-state index in [-0.39, 0.29) is 0 Å². The molecule has 2 unspecified atom stereocenters. The number of hydrogen-bond donors (Lipinski definition) is 2. The van der Waals surface area contributed by atoms with Gasteiger partial charge in [-0.2, -0.15) is 0 Å². The fourth-order valence-electron chi connectivity index (χ4n) is 3.47. The highest BCUT2D eigenvalue weighted by atomic mass is 14.6. The van der Waals surface area contributed by atoms with Crippen LogP contribution in [0.25, 0.3) is 0 Å². The first-order chi connectivity index (χ1) is 6.28. The van der Waals surface area contributed by atoms with Gasteiger partial charge in [0.25, 0.3) is 0 Å². The molecule has 76 valence electrons. The van der Waals surface area contributed by atoms with Gasteiger partial charge in [-0.25, -0.2) is 0 Å². The van der Waals surface area contributed by atoms with Crippen molar-refractivity contribution in [2.24, 2.45) is 28.7 Å². The summed E-state index contributed by atoms with van der Waals surface area (Å²) in [5.41, 5.74) is 12.1. The van der Waals surface area contributed by atoms with Crippen molar-refractivity contribution in [3.8, 4) is 0 Å². The summed E-state index contributed by atoms with van der Waals surface area (Å²) in [6, 6.07) is 0. The zero-order chi connectivity index (χ0) is 9.31. The largest absolute Gasteiger partial charge is 0.330 e. The standard InChI is InChI=1S/C11H22N2/c12-7-9-1-3-11(5-9)4-2-10(6-11)8-13/h9-10H,1-8,12-13H2. The second-order valence-corrected chi connectivity index (χ2v) is 5.19. The van der Waals surface area contributed by atoms with Gasteiger partial charge in [0.05, 0.1) is 0 Å². The Labute approximate surface area is 81.1 Å². The molecule has 2 fully saturated rings. The number of nitrogens with two attached hydrogens (primary N) is 2. The molecule has 0 radical (unpaired) electrons. The minimum atomic E-state index is 0.675. The Kier molecular flexibility index (Phi) is 2.61. The highest BCUT2D eigenvalue weighted by Crippen LogP contribution is 2.54. The van der Waals surface area contributed by atoms with E-state index in [1.165, 1.54) is 38.5 Å². The smallest absolute Gasteiger partial charge is 0.00487 e. The lowest BCUT2D eigenvalue weighted by molar-refractivity contribution is 0.283. The molecule has 2 saturated carbocycles. The van der Waals surface area contributed by atoms with E-state index < -0.39 is 0 Å². The van der Waals surface area contributed by atoms with Gasteiger partial charge in [0.15, 0.2) is 0 Å². The first kappa shape index (κ1) is 9.47. The molecule has 2 atom stereocenters. The minimum Gasteiger partial charge on any atom is -0.330 e. The molecule has 0 aliphatic heterocycles. The molecular weight excluding hydrogens is 160 g/mol. The van der Waals surface area contributed by atoms with E-state index in [1.54, 1.807) is 0 Å². The molecule has 0 saturated heterocycles. The monoisotopic (exact) mass is 182 g/mol. The van der Waals surface area contributed by atoms with Gasteiger partial charge in [0.1, 0.15) is 0 Å². The van der Waals surface area contributed by atoms with Crippen LogP contribution in [0.3, 0.4) is 0 Å². The summed E-state index contributed by atoms with van der Waals surface area (Å²) in [6.07, 6.45) is 8.36. The van der Waals surface area contributed by atoms with Gasteiger partial charge >= 0.3 is 0 Å². The van der Waals surface area contributed by atoms with Gasteiger partial charge < -0.3 is 11.5 Å². The number of rotatable bonds is 2. The van der Waals surface area contributed by atoms with Crippen LogP contribution >= 0.6 is 0 Å². The zero-order valence-corrected chi connectivity index (χ0v) is 8.47. The fourth-order valence-corrected chi connectivity index (χ4v) is 3.47. The van der Waals surface area contributed by atoms with Crippen molar-refractivity contribution in [1.29, 1.82) is 0 Å². The van der Waals surface area contributed by atoms with Crippen LogP contribution < -0.4 is 11.5 Å². The van der Waals surface area contributed by atoms with E-state index in [9.17, 15) is 0 Å². The topological polar surface area (TPSA) is 52.0 Å². The van der Waals surface area contributed by atoms with Crippen molar-refractivity contribution in [1.82, 2.24) is 0 Å². The van der Waals surface area contributed by atoms with Gasteiger partial charge in [-0.1, -0.05) is 0 Å². The van der Waals surface area contributed by atoms with Crippen LogP contribution in [0.1, 0.15) is 38.5 Å². The van der Waals surface area contributed by atoms with Crippen LogP contribution in [-0.2, 0) is 0 Å². The molecule has 2 heteroatoms. The van der Waals surface area contributed by atoms with E-state index in [0.29, 0.717) is 5.41 Å². The van der Waals surface area contributed by atoms with Crippen molar-refractivity contribution >= 4 is 0 Å². The average molecular weight is 182 g/mol. The van der Waals surface area contributed by atoms with Gasteiger partial charge in [0, 0.05) is 0 Å². The Hall–Kier alpha value is -0.0800. The predicted octanol–water partition coefficient (Wildman–Crippen LogP) is 1.49. The third kappa shape index (κ3) is 1.75. The summed E-state index contributed by atoms with van der Waals surface area (Å²) >= 11 is 0. The Balaban J connectivity index is 1.93. The molecule has 1 spiro atoms. The van der Waals surface area contributed by atoms with Crippen LogP contribution in [0, 0.1) is 17.3 Å². The molecule has 2 aliphatic rings. The Morgan fingerprint density at radius 2 is 1.38 bits per heavy atom. The summed E-state index contributed by atoms with van der Waals surface area (Å²) < 4.78 is 0.